The van der Waals surface area contributed by atoms with Crippen molar-refractivity contribution in [1.29, 1.82) is 0 Å². The van der Waals surface area contributed by atoms with Crippen LogP contribution in [0.5, 0.6) is 0 Å². The molecule has 2 nitrogen and oxygen atoms in total. The topological polar surface area (TPSA) is 29.5 Å². The van der Waals surface area contributed by atoms with E-state index in [0.717, 1.165) is 37.7 Å². The van der Waals surface area contributed by atoms with Crippen LogP contribution in [0.2, 0.25) is 0 Å². The fraction of sp³-hybridized carbons (Fsp3) is 0.739. The largest absolute Gasteiger partial charge is 0.385 e. The first-order valence-electron chi connectivity index (χ1n) is 9.80. The molecule has 1 aliphatic carbocycles. The van der Waals surface area contributed by atoms with Crippen molar-refractivity contribution in [3.05, 3.63) is 35.4 Å². The second kappa shape index (κ2) is 7.40. The molecule has 142 valence electrons. The van der Waals surface area contributed by atoms with Crippen LogP contribution >= 0.6 is 0 Å². The Morgan fingerprint density at radius 2 is 1.56 bits per heavy atom. The molecule has 25 heavy (non-hydrogen) atoms. The molecule has 2 rings (SSSR count). The van der Waals surface area contributed by atoms with Crippen molar-refractivity contribution in [3.8, 4) is 0 Å². The number of ether oxygens (including phenoxy) is 1. The van der Waals surface area contributed by atoms with Gasteiger partial charge in [-0.05, 0) is 60.0 Å². The molecule has 0 aromatic heterocycles. The van der Waals surface area contributed by atoms with Gasteiger partial charge in [-0.15, -0.1) is 0 Å². The van der Waals surface area contributed by atoms with E-state index in [0.29, 0.717) is 17.4 Å². The number of hydrogen-bond donors (Lipinski definition) is 1. The molecule has 1 unspecified atom stereocenters. The van der Waals surface area contributed by atoms with Crippen molar-refractivity contribution in [2.24, 2.45) is 10.8 Å². The third-order valence-electron chi connectivity index (χ3n) is 5.81. The van der Waals surface area contributed by atoms with E-state index in [4.69, 9.17) is 4.74 Å². The Kier molecular flexibility index (Phi) is 6.06. The quantitative estimate of drug-likeness (QED) is 0.721. The standard InChI is InChI=1S/C23H38O2/c1-21(2,3)16-20(22(4,5)6)17-8-10-18(11-9-17)23(24)14-12-19(25-7)13-15-23/h8-11,19-20,24H,12-16H2,1-7H3. The first-order chi connectivity index (χ1) is 11.4. The van der Waals surface area contributed by atoms with Crippen molar-refractivity contribution in [2.45, 2.75) is 91.3 Å². The molecule has 1 saturated carbocycles. The van der Waals surface area contributed by atoms with Gasteiger partial charge >= 0.3 is 0 Å². The maximum absolute atomic E-state index is 11.1. The lowest BCUT2D eigenvalue weighted by Gasteiger charge is -2.38. The van der Waals surface area contributed by atoms with E-state index < -0.39 is 5.60 Å². The summed E-state index contributed by atoms with van der Waals surface area (Å²) in [6.45, 7) is 13.9. The first kappa shape index (κ1) is 20.5. The van der Waals surface area contributed by atoms with Gasteiger partial charge in [-0.1, -0.05) is 65.8 Å². The molecule has 1 aromatic rings. The lowest BCUT2D eigenvalue weighted by Crippen LogP contribution is -2.34. The zero-order valence-electron chi connectivity index (χ0n) is 17.4. The van der Waals surface area contributed by atoms with E-state index in [1.54, 1.807) is 7.11 Å². The normalized spacial score (nSPS) is 26.5. The Bertz CT molecular complexity index is 537. The van der Waals surface area contributed by atoms with Gasteiger partial charge in [0.1, 0.15) is 0 Å². The van der Waals surface area contributed by atoms with Crippen LogP contribution in [0.25, 0.3) is 0 Å². The molecule has 0 saturated heterocycles. The number of benzene rings is 1. The average Bonchev–Trinajstić information content (AvgIpc) is 2.52. The van der Waals surface area contributed by atoms with E-state index >= 15 is 0 Å². The summed E-state index contributed by atoms with van der Waals surface area (Å²) in [5, 5.41) is 11.1. The van der Waals surface area contributed by atoms with Crippen LogP contribution < -0.4 is 0 Å². The summed E-state index contributed by atoms with van der Waals surface area (Å²) in [7, 11) is 1.77. The maximum Gasteiger partial charge on any atom is 0.0898 e. The van der Waals surface area contributed by atoms with E-state index in [1.165, 1.54) is 5.56 Å². The molecule has 0 amide bonds. The van der Waals surface area contributed by atoms with Gasteiger partial charge in [0, 0.05) is 7.11 Å². The van der Waals surface area contributed by atoms with Gasteiger partial charge in [0.25, 0.3) is 0 Å². The summed E-state index contributed by atoms with van der Waals surface area (Å²) in [6, 6.07) is 8.81. The number of aliphatic hydroxyl groups is 1. The van der Waals surface area contributed by atoms with Crippen LogP contribution in [0.1, 0.15) is 90.7 Å². The van der Waals surface area contributed by atoms with Gasteiger partial charge in [-0.3, -0.25) is 0 Å². The Morgan fingerprint density at radius 1 is 1.04 bits per heavy atom. The Hall–Kier alpha value is -0.860. The summed E-state index contributed by atoms with van der Waals surface area (Å²) >= 11 is 0. The summed E-state index contributed by atoms with van der Waals surface area (Å²) in [4.78, 5) is 0. The number of methoxy groups -OCH3 is 1. The molecule has 0 heterocycles. The molecule has 1 aromatic carbocycles. The minimum Gasteiger partial charge on any atom is -0.385 e. The van der Waals surface area contributed by atoms with Crippen molar-refractivity contribution < 1.29 is 9.84 Å². The van der Waals surface area contributed by atoms with Crippen molar-refractivity contribution in [1.82, 2.24) is 0 Å². The van der Waals surface area contributed by atoms with Crippen LogP contribution in [-0.2, 0) is 10.3 Å². The van der Waals surface area contributed by atoms with Crippen molar-refractivity contribution >= 4 is 0 Å². The van der Waals surface area contributed by atoms with E-state index in [-0.39, 0.29) is 5.41 Å². The highest BCUT2D eigenvalue weighted by molar-refractivity contribution is 5.30. The molecule has 0 radical (unpaired) electrons. The van der Waals surface area contributed by atoms with Crippen LogP contribution in [0.3, 0.4) is 0 Å². The summed E-state index contributed by atoms with van der Waals surface area (Å²) in [6.07, 6.45) is 4.91. The zero-order chi connectivity index (χ0) is 18.9. The summed E-state index contributed by atoms with van der Waals surface area (Å²) < 4.78 is 5.44. The van der Waals surface area contributed by atoms with Crippen molar-refractivity contribution in [3.63, 3.8) is 0 Å². The van der Waals surface area contributed by atoms with Crippen LogP contribution in [0.15, 0.2) is 24.3 Å². The third-order valence-corrected chi connectivity index (χ3v) is 5.81. The van der Waals surface area contributed by atoms with E-state index in [2.05, 4.69) is 65.8 Å². The van der Waals surface area contributed by atoms with Crippen LogP contribution in [0.4, 0.5) is 0 Å². The Balaban J connectivity index is 2.20. The smallest absolute Gasteiger partial charge is 0.0898 e. The molecular formula is C23H38O2. The molecule has 0 bridgehead atoms. The van der Waals surface area contributed by atoms with E-state index in [1.807, 2.05) is 0 Å². The van der Waals surface area contributed by atoms with Gasteiger partial charge in [0.15, 0.2) is 0 Å². The highest BCUT2D eigenvalue weighted by atomic mass is 16.5. The predicted molar refractivity (Wildman–Crippen MR) is 106 cm³/mol. The molecule has 1 atom stereocenters. The highest BCUT2D eigenvalue weighted by Crippen LogP contribution is 2.44. The fourth-order valence-corrected chi connectivity index (χ4v) is 4.16. The predicted octanol–water partition coefficient (Wildman–Crippen LogP) is 6.03. The van der Waals surface area contributed by atoms with E-state index in [9.17, 15) is 5.11 Å². The number of hydrogen-bond acceptors (Lipinski definition) is 2. The van der Waals surface area contributed by atoms with Crippen LogP contribution in [0, 0.1) is 10.8 Å². The summed E-state index contributed by atoms with van der Waals surface area (Å²) in [5.74, 6) is 0.514. The second-order valence-corrected chi connectivity index (χ2v) is 10.3. The van der Waals surface area contributed by atoms with Gasteiger partial charge in [0.05, 0.1) is 11.7 Å². The molecule has 1 N–H and O–H groups in total. The molecule has 0 aliphatic heterocycles. The maximum atomic E-state index is 11.1. The van der Waals surface area contributed by atoms with Gasteiger partial charge < -0.3 is 9.84 Å². The second-order valence-electron chi connectivity index (χ2n) is 10.3. The monoisotopic (exact) mass is 346 g/mol. The minimum atomic E-state index is -0.686. The van der Waals surface area contributed by atoms with Gasteiger partial charge in [-0.2, -0.15) is 0 Å². The fourth-order valence-electron chi connectivity index (χ4n) is 4.16. The third kappa shape index (κ3) is 5.31. The lowest BCUT2D eigenvalue weighted by molar-refractivity contribution is -0.0474. The molecule has 2 heteroatoms. The van der Waals surface area contributed by atoms with Crippen molar-refractivity contribution in [2.75, 3.05) is 7.11 Å². The molecule has 1 aliphatic rings. The Morgan fingerprint density at radius 3 is 1.96 bits per heavy atom. The molecule has 1 fully saturated rings. The highest BCUT2D eigenvalue weighted by Gasteiger charge is 2.35. The average molecular weight is 347 g/mol. The lowest BCUT2D eigenvalue weighted by atomic mass is 9.69. The molecular weight excluding hydrogens is 308 g/mol. The summed E-state index contributed by atoms with van der Waals surface area (Å²) in [5.41, 5.74) is 2.29. The number of rotatable bonds is 4. The molecule has 0 spiro atoms. The van der Waals surface area contributed by atoms with Crippen LogP contribution in [-0.4, -0.2) is 18.3 Å². The SMILES string of the molecule is COC1CCC(O)(c2ccc(C(CC(C)(C)C)C(C)(C)C)cc2)CC1. The zero-order valence-corrected chi connectivity index (χ0v) is 17.4. The Labute approximate surface area is 155 Å². The minimum absolute atomic E-state index is 0.224. The van der Waals surface area contributed by atoms with Gasteiger partial charge in [0.2, 0.25) is 0 Å². The van der Waals surface area contributed by atoms with Gasteiger partial charge in [-0.25, -0.2) is 0 Å². The first-order valence-corrected chi connectivity index (χ1v) is 9.80.